The zero-order valence-corrected chi connectivity index (χ0v) is 20.0. The van der Waals surface area contributed by atoms with E-state index in [-0.39, 0.29) is 29.8 Å². The van der Waals surface area contributed by atoms with Crippen LogP contribution in [0.25, 0.3) is 0 Å². The molecule has 0 atom stereocenters. The second-order valence-corrected chi connectivity index (χ2v) is 8.12. The van der Waals surface area contributed by atoms with Crippen molar-refractivity contribution in [1.29, 1.82) is 0 Å². The molecule has 0 aromatic heterocycles. The number of carbonyl (C=O) groups is 3. The van der Waals surface area contributed by atoms with Gasteiger partial charge in [-0.1, -0.05) is 48.5 Å². The third-order valence-corrected chi connectivity index (χ3v) is 5.17. The Morgan fingerprint density at radius 1 is 0.743 bits per heavy atom. The maximum Gasteiger partial charge on any atom is 0.306 e. The van der Waals surface area contributed by atoms with Gasteiger partial charge < -0.3 is 20.7 Å². The lowest BCUT2D eigenvalue weighted by atomic mass is 10.1. The van der Waals surface area contributed by atoms with E-state index in [4.69, 9.17) is 17.0 Å². The van der Waals surface area contributed by atoms with Crippen molar-refractivity contribution in [2.45, 2.75) is 25.7 Å². The first-order valence-electron chi connectivity index (χ1n) is 11.3. The van der Waals surface area contributed by atoms with Gasteiger partial charge in [0.25, 0.3) is 5.91 Å². The highest BCUT2D eigenvalue weighted by molar-refractivity contribution is 7.80. The molecule has 0 saturated carbocycles. The highest BCUT2D eigenvalue weighted by Crippen LogP contribution is 2.15. The first-order chi connectivity index (χ1) is 17.0. The second kappa shape index (κ2) is 13.6. The van der Waals surface area contributed by atoms with Gasteiger partial charge in [0.1, 0.15) is 0 Å². The van der Waals surface area contributed by atoms with Crippen molar-refractivity contribution in [2.75, 3.05) is 17.2 Å². The number of nitrogens with one attached hydrogen (secondary N) is 3. The molecule has 180 valence electrons. The Bertz CT molecular complexity index is 1140. The molecule has 0 fully saturated rings. The van der Waals surface area contributed by atoms with Gasteiger partial charge in [-0.2, -0.15) is 0 Å². The number of rotatable bonds is 10. The summed E-state index contributed by atoms with van der Waals surface area (Å²) in [6.07, 6.45) is 1.51. The number of benzene rings is 3. The molecule has 0 bridgehead atoms. The molecule has 3 aromatic rings. The Balaban J connectivity index is 1.31. The monoisotopic (exact) mass is 489 g/mol. The topological polar surface area (TPSA) is 96.5 Å². The summed E-state index contributed by atoms with van der Waals surface area (Å²) >= 11 is 5.16. The number of esters is 1. The van der Waals surface area contributed by atoms with E-state index >= 15 is 0 Å². The van der Waals surface area contributed by atoms with Crippen molar-refractivity contribution in [3.63, 3.8) is 0 Å². The second-order valence-electron chi connectivity index (χ2n) is 7.71. The lowest BCUT2D eigenvalue weighted by molar-refractivity contribution is -0.145. The van der Waals surface area contributed by atoms with E-state index < -0.39 is 5.97 Å². The number of hydrogen-bond acceptors (Lipinski definition) is 5. The van der Waals surface area contributed by atoms with E-state index in [1.54, 1.807) is 48.5 Å². The summed E-state index contributed by atoms with van der Waals surface area (Å²) < 4.78 is 5.18. The zero-order chi connectivity index (χ0) is 24.9. The largest absolute Gasteiger partial charge is 0.466 e. The predicted molar refractivity (Wildman–Crippen MR) is 140 cm³/mol. The molecule has 3 rings (SSSR count). The molecule has 7 nitrogen and oxygen atoms in total. The summed E-state index contributed by atoms with van der Waals surface area (Å²) in [5.41, 5.74) is 3.03. The summed E-state index contributed by atoms with van der Waals surface area (Å²) in [7, 11) is 0. The Morgan fingerprint density at radius 2 is 1.34 bits per heavy atom. The fourth-order valence-corrected chi connectivity index (χ4v) is 3.41. The molecule has 0 heterocycles. The summed E-state index contributed by atoms with van der Waals surface area (Å²) in [5, 5.41) is 8.37. The third-order valence-electron chi connectivity index (χ3n) is 4.96. The van der Waals surface area contributed by atoms with Crippen molar-refractivity contribution >= 4 is 46.5 Å². The van der Waals surface area contributed by atoms with Gasteiger partial charge in [-0.05, 0) is 67.0 Å². The molecule has 0 spiro atoms. The first-order valence-corrected chi connectivity index (χ1v) is 11.7. The van der Waals surface area contributed by atoms with Crippen LogP contribution in [0.1, 0.15) is 35.2 Å². The molecule has 35 heavy (non-hydrogen) atoms. The molecule has 0 aliphatic rings. The van der Waals surface area contributed by atoms with E-state index in [0.29, 0.717) is 23.5 Å². The van der Waals surface area contributed by atoms with Gasteiger partial charge in [-0.25, -0.2) is 0 Å². The van der Waals surface area contributed by atoms with Crippen molar-refractivity contribution < 1.29 is 19.1 Å². The number of amides is 2. The Kier molecular flexibility index (Phi) is 9.95. The fraction of sp³-hybridized carbons (Fsp3) is 0.185. The quantitative estimate of drug-likeness (QED) is 0.217. The molecule has 0 aliphatic heterocycles. The Hall–Kier alpha value is -4.04. The molecule has 0 unspecified atom stereocenters. The van der Waals surface area contributed by atoms with Crippen LogP contribution in [0.4, 0.5) is 11.4 Å². The molecular formula is C27H27N3O4S. The van der Waals surface area contributed by atoms with Gasteiger partial charge in [-0.15, -0.1) is 0 Å². The van der Waals surface area contributed by atoms with Gasteiger partial charge in [0.05, 0.1) is 13.0 Å². The molecule has 2 amide bonds. The maximum atomic E-state index is 12.2. The smallest absolute Gasteiger partial charge is 0.306 e. The van der Waals surface area contributed by atoms with Crippen LogP contribution in [-0.4, -0.2) is 29.5 Å². The SMILES string of the molecule is O=C(CCC(=O)OCCCc1ccccc1)NC(=S)Nc1ccc(NC(=O)c2ccccc2)cc1. The lowest BCUT2D eigenvalue weighted by Gasteiger charge is -2.11. The third kappa shape index (κ3) is 9.38. The minimum atomic E-state index is -0.416. The van der Waals surface area contributed by atoms with Crippen LogP contribution >= 0.6 is 12.2 Å². The van der Waals surface area contributed by atoms with Crippen LogP contribution in [0.2, 0.25) is 0 Å². The van der Waals surface area contributed by atoms with E-state index in [0.717, 1.165) is 12.8 Å². The minimum absolute atomic E-state index is 0.0183. The lowest BCUT2D eigenvalue weighted by Crippen LogP contribution is -2.34. The number of carbonyl (C=O) groups excluding carboxylic acids is 3. The maximum absolute atomic E-state index is 12.2. The fourth-order valence-electron chi connectivity index (χ4n) is 3.18. The van der Waals surface area contributed by atoms with Crippen LogP contribution in [0.15, 0.2) is 84.9 Å². The standard InChI is InChI=1S/C27H27N3O4S/c31-24(17-18-25(32)34-19-7-10-20-8-3-1-4-9-20)30-27(35)29-23-15-13-22(14-16-23)28-26(33)21-11-5-2-6-12-21/h1-6,8-9,11-16H,7,10,17-19H2,(H,28,33)(H2,29,30,31,35). The van der Waals surface area contributed by atoms with E-state index in [9.17, 15) is 14.4 Å². The van der Waals surface area contributed by atoms with Crippen LogP contribution in [-0.2, 0) is 20.7 Å². The van der Waals surface area contributed by atoms with Crippen LogP contribution in [0.3, 0.4) is 0 Å². The van der Waals surface area contributed by atoms with E-state index in [1.165, 1.54) is 5.56 Å². The van der Waals surface area contributed by atoms with Gasteiger partial charge >= 0.3 is 5.97 Å². The molecule has 0 saturated heterocycles. The highest BCUT2D eigenvalue weighted by Gasteiger charge is 2.10. The minimum Gasteiger partial charge on any atom is -0.466 e. The van der Waals surface area contributed by atoms with Crippen LogP contribution < -0.4 is 16.0 Å². The van der Waals surface area contributed by atoms with Gasteiger partial charge in [-0.3, -0.25) is 14.4 Å². The van der Waals surface area contributed by atoms with Crippen LogP contribution in [0.5, 0.6) is 0 Å². The van der Waals surface area contributed by atoms with Crippen LogP contribution in [0, 0.1) is 0 Å². The number of aryl methyl sites for hydroxylation is 1. The van der Waals surface area contributed by atoms with Crippen molar-refractivity contribution in [1.82, 2.24) is 5.32 Å². The number of anilines is 2. The highest BCUT2D eigenvalue weighted by atomic mass is 32.1. The van der Waals surface area contributed by atoms with E-state index in [2.05, 4.69) is 16.0 Å². The summed E-state index contributed by atoms with van der Waals surface area (Å²) in [5.74, 6) is -1.00. The molecular weight excluding hydrogens is 462 g/mol. The molecule has 3 N–H and O–H groups in total. The number of thiocarbonyl (C=S) groups is 1. The molecule has 8 heteroatoms. The summed E-state index contributed by atoms with van der Waals surface area (Å²) in [4.78, 5) is 36.1. The first kappa shape index (κ1) is 25.6. The Morgan fingerprint density at radius 3 is 2.00 bits per heavy atom. The summed E-state index contributed by atoms with van der Waals surface area (Å²) in [6, 6.07) is 25.8. The Labute approximate surface area is 209 Å². The van der Waals surface area contributed by atoms with Gasteiger partial charge in [0.15, 0.2) is 5.11 Å². The van der Waals surface area contributed by atoms with Crippen molar-refractivity contribution in [3.05, 3.63) is 96.1 Å². The molecule has 3 aromatic carbocycles. The number of hydrogen-bond donors (Lipinski definition) is 3. The molecule has 0 radical (unpaired) electrons. The van der Waals surface area contributed by atoms with Crippen molar-refractivity contribution in [3.8, 4) is 0 Å². The van der Waals surface area contributed by atoms with Gasteiger partial charge in [0, 0.05) is 23.4 Å². The predicted octanol–water partition coefficient (Wildman–Crippen LogP) is 4.71. The van der Waals surface area contributed by atoms with E-state index in [1.807, 2.05) is 36.4 Å². The average Bonchev–Trinajstić information content (AvgIpc) is 2.87. The summed E-state index contributed by atoms with van der Waals surface area (Å²) in [6.45, 7) is 0.317. The number of ether oxygens (including phenoxy) is 1. The normalized spacial score (nSPS) is 10.2. The average molecular weight is 490 g/mol. The zero-order valence-electron chi connectivity index (χ0n) is 19.2. The van der Waals surface area contributed by atoms with Crippen molar-refractivity contribution in [2.24, 2.45) is 0 Å². The van der Waals surface area contributed by atoms with Gasteiger partial charge in [0.2, 0.25) is 5.91 Å². The molecule has 0 aliphatic carbocycles.